The van der Waals surface area contributed by atoms with Crippen molar-refractivity contribution in [2.24, 2.45) is 0 Å². The molecule has 0 amide bonds. The standard InChI is InChI=1S/C29H24N2.C23H18N2O.C22H20N.2C21H23N2.2Ir/c1-22-13-9-11-19-26(22)28-29(27-20-12-10-14-23(27)2)31(25-17-7-4-8-18-25)21-30(28)24-15-5-3-6-16-24;1-23(2)14-7-5-11-18-20(14)21-16(9-6-12-19(21)26-18)25-13-24(3)17-10-4-8-15(23)22(17)25;1-2-14-23-15-20-18-10-8-16-4-6-17(7-5-16)9-11-19(13-12-18)22(20)21(23)3-1;2*1-15(2)18-11-8-12-19(16(3)4)20(18)23-14-13-22-21(23)17-9-6-5-7-10-17;;/h3-17,19-21H,1-2H3;4-8,10-13H,1-3H3;1-7,12-14H,8-11,15H2;2*5-9,11-16H,1-4H3;;/q2*-2;+1;2*-1;2*+3. The normalized spacial score (nSPS) is 13.6. The number of aromatic nitrogens is 5. The molecule has 4 aliphatic carbocycles. The number of anilines is 5. The quantitative estimate of drug-likeness (QED) is 0.0892. The van der Waals surface area contributed by atoms with Crippen LogP contribution in [0.4, 0.5) is 28.4 Å². The number of furan rings is 1. The van der Waals surface area contributed by atoms with Gasteiger partial charge in [-0.25, -0.2) is 0 Å². The second-order valence-electron chi connectivity index (χ2n) is 35.3. The molecule has 8 heterocycles. The van der Waals surface area contributed by atoms with Gasteiger partial charge < -0.3 is 33.2 Å². The van der Waals surface area contributed by atoms with E-state index in [1.807, 2.05) is 73.1 Å². The van der Waals surface area contributed by atoms with E-state index in [1.165, 1.54) is 129 Å². The maximum Gasteiger partial charge on any atom is 3.00 e. The van der Waals surface area contributed by atoms with Crippen LogP contribution >= 0.6 is 0 Å². The fourth-order valence-electron chi connectivity index (χ4n) is 19.0. The van der Waals surface area contributed by atoms with E-state index in [0.29, 0.717) is 23.7 Å². The minimum atomic E-state index is -0.146. The number of aryl methyl sites for hydroxylation is 6. The molecule has 0 N–H and O–H groups in total. The van der Waals surface area contributed by atoms with Gasteiger partial charge in [-0.2, -0.15) is 53.7 Å². The number of hydrogen-bond donors (Lipinski definition) is 0. The Hall–Kier alpha value is -12.5. The third-order valence-electron chi connectivity index (χ3n) is 25.4. The number of fused-ring (bicyclic) bond motifs is 2. The molecular weight excluding hydrogens is 1920 g/mol. The van der Waals surface area contributed by atoms with Crippen LogP contribution in [0.1, 0.15) is 176 Å². The molecule has 25 rings (SSSR count). The molecule has 0 saturated heterocycles. The summed E-state index contributed by atoms with van der Waals surface area (Å²) in [5.41, 5.74) is 37.7. The van der Waals surface area contributed by atoms with Crippen LogP contribution in [-0.4, -0.2) is 26.1 Å². The second kappa shape index (κ2) is 38.6. The van der Waals surface area contributed by atoms with E-state index in [0.717, 1.165) is 88.6 Å². The molecule has 0 radical (unpaired) electrons. The van der Waals surface area contributed by atoms with Crippen LogP contribution in [0.2, 0.25) is 0 Å². The van der Waals surface area contributed by atoms with E-state index in [-0.39, 0.29) is 45.6 Å². The molecule has 10 nitrogen and oxygen atoms in total. The van der Waals surface area contributed by atoms with Crippen molar-refractivity contribution >= 4 is 61.8 Å². The number of para-hydroxylation sites is 5. The van der Waals surface area contributed by atoms with Crippen molar-refractivity contribution in [3.8, 4) is 45.4 Å². The van der Waals surface area contributed by atoms with Gasteiger partial charge in [0, 0.05) is 104 Å². The SMILES string of the molecule is CC(C)c1cccc(C(C)C)c1-n1ccnc1-c1[c-]cccc1.CC(C)c1cccc(C(C)C)c1-n1ccnc1-c1[c-]cccc1.CN1[CH-]N2c3c1cccc3C(C)(C)c1cccc3oc4cc[c-]c2c4c13.Cc1ccccc1C1=C(c2ccccc2C)N(c2ccccc2)[CH-]N1c1[c-]cccc1.[Ir+3].[Ir+3].c1cc[n+]2c(c1)-c1c3ccc(c1C2)CCc1ccc(cc1)CC3. The van der Waals surface area contributed by atoms with Gasteiger partial charge in [-0.15, -0.1) is 90.2 Å². The summed E-state index contributed by atoms with van der Waals surface area (Å²) < 4.78 is 13.1. The first-order chi connectivity index (χ1) is 61.4. The van der Waals surface area contributed by atoms with Crippen LogP contribution in [0.25, 0.3) is 78.7 Å². The molecule has 0 saturated carbocycles. The third kappa shape index (κ3) is 17.4. The molecule has 13 aromatic carbocycles. The maximum atomic E-state index is 6.22. The van der Waals surface area contributed by atoms with Crippen molar-refractivity contribution in [1.29, 1.82) is 0 Å². The first-order valence-electron chi connectivity index (χ1n) is 44.5. The van der Waals surface area contributed by atoms with E-state index >= 15 is 0 Å². The Morgan fingerprint density at radius 3 is 1.48 bits per heavy atom. The van der Waals surface area contributed by atoms with Gasteiger partial charge in [0.05, 0.1) is 17.2 Å². The maximum absolute atomic E-state index is 6.22. The predicted octanol–water partition coefficient (Wildman–Crippen LogP) is 27.9. The molecule has 17 aromatic rings. The molecule has 4 aliphatic heterocycles. The molecule has 0 atom stereocenters. The van der Waals surface area contributed by atoms with E-state index in [4.69, 9.17) is 4.42 Å². The number of pyridine rings is 1. The van der Waals surface area contributed by atoms with Gasteiger partial charge in [-0.05, 0) is 173 Å². The summed E-state index contributed by atoms with van der Waals surface area (Å²) in [5.74, 6) is 3.72. The van der Waals surface area contributed by atoms with Gasteiger partial charge in [0.1, 0.15) is 5.58 Å². The van der Waals surface area contributed by atoms with E-state index in [9.17, 15) is 0 Å². The molecule has 0 spiro atoms. The molecule has 128 heavy (non-hydrogen) atoms. The van der Waals surface area contributed by atoms with Crippen molar-refractivity contribution < 1.29 is 49.2 Å². The Morgan fingerprint density at radius 2 is 0.922 bits per heavy atom. The first kappa shape index (κ1) is 88.9. The van der Waals surface area contributed by atoms with E-state index < -0.39 is 0 Å². The molecule has 8 aliphatic rings. The number of imidazole rings is 2. The Morgan fingerprint density at radius 1 is 0.422 bits per heavy atom. The Balaban J connectivity index is 0.000000118. The van der Waals surface area contributed by atoms with Gasteiger partial charge in [0.25, 0.3) is 0 Å². The average molecular weight is 2030 g/mol. The number of rotatable bonds is 12. The summed E-state index contributed by atoms with van der Waals surface area (Å²) in [6, 6.07) is 116. The number of hydrogen-bond acceptors (Lipinski definition) is 7. The number of benzene rings is 13. The molecule has 4 bridgehead atoms. The zero-order valence-electron chi connectivity index (χ0n) is 75.2. The van der Waals surface area contributed by atoms with E-state index in [2.05, 4.69) is 420 Å². The van der Waals surface area contributed by atoms with Crippen LogP contribution in [0.5, 0.6) is 0 Å². The summed E-state index contributed by atoms with van der Waals surface area (Å²) in [6.07, 6.45) is 14.6. The summed E-state index contributed by atoms with van der Waals surface area (Å²) in [4.78, 5) is 18.2. The van der Waals surface area contributed by atoms with Crippen molar-refractivity contribution in [2.45, 2.75) is 144 Å². The largest absolute Gasteiger partial charge is 3.00 e. The molecule has 4 aromatic heterocycles. The van der Waals surface area contributed by atoms with Gasteiger partial charge in [-0.3, -0.25) is 9.97 Å². The van der Waals surface area contributed by atoms with E-state index in [1.54, 1.807) is 5.56 Å². The predicted molar refractivity (Wildman–Crippen MR) is 521 cm³/mol. The second-order valence-corrected chi connectivity index (χ2v) is 35.3. The van der Waals surface area contributed by atoms with Crippen molar-refractivity contribution in [1.82, 2.24) is 19.1 Å². The van der Waals surface area contributed by atoms with Crippen LogP contribution < -0.4 is 24.2 Å². The molecule has 640 valence electrons. The van der Waals surface area contributed by atoms with Crippen LogP contribution in [0.3, 0.4) is 0 Å². The van der Waals surface area contributed by atoms with Crippen LogP contribution in [0.15, 0.2) is 327 Å². The molecule has 12 heteroatoms. The Bertz CT molecular complexity index is 6510. The first-order valence-corrected chi connectivity index (χ1v) is 44.5. The van der Waals surface area contributed by atoms with Gasteiger partial charge in [0.2, 0.25) is 5.69 Å². The summed E-state index contributed by atoms with van der Waals surface area (Å²) in [5, 5.41) is 2.36. The summed E-state index contributed by atoms with van der Waals surface area (Å²) in [7, 11) is 2.10. The Labute approximate surface area is 783 Å². The zero-order valence-corrected chi connectivity index (χ0v) is 80.0. The topological polar surface area (TPSA) is 65.6 Å². The van der Waals surface area contributed by atoms with Crippen LogP contribution in [-0.2, 0) is 77.9 Å². The molecule has 0 unspecified atom stereocenters. The Kier molecular flexibility index (Phi) is 26.8. The van der Waals surface area contributed by atoms with Gasteiger partial charge >= 0.3 is 40.2 Å². The fourth-order valence-corrected chi connectivity index (χ4v) is 19.0. The minimum Gasteiger partial charge on any atom is -0.504 e. The summed E-state index contributed by atoms with van der Waals surface area (Å²) in [6.45, 7) is 32.3. The van der Waals surface area contributed by atoms with Crippen molar-refractivity contribution in [2.75, 3.05) is 26.6 Å². The van der Waals surface area contributed by atoms with Gasteiger partial charge in [-0.1, -0.05) is 244 Å². The monoisotopic (exact) mass is 2030 g/mol. The van der Waals surface area contributed by atoms with Crippen molar-refractivity contribution in [3.05, 3.63) is 443 Å². The minimum absolute atomic E-state index is 0. The van der Waals surface area contributed by atoms with Crippen molar-refractivity contribution in [3.63, 3.8) is 0 Å². The zero-order chi connectivity index (χ0) is 86.9. The number of nitrogens with zero attached hydrogens (tertiary/aromatic N) is 9. The molecular formula is C116H108Ir2N9O+. The van der Waals surface area contributed by atoms with Gasteiger partial charge in [0.15, 0.2) is 12.7 Å². The third-order valence-corrected chi connectivity index (χ3v) is 25.4. The fraction of sp³-hybridized carbons (Fsp3) is 0.198. The summed E-state index contributed by atoms with van der Waals surface area (Å²) >= 11 is 0. The van der Waals surface area contributed by atoms with Crippen LogP contribution in [0, 0.1) is 51.5 Å². The average Bonchev–Trinajstić information content (AvgIpc) is 1.54. The smallest absolute Gasteiger partial charge is 0.504 e. The molecule has 0 fully saturated rings.